The van der Waals surface area contributed by atoms with Crippen molar-refractivity contribution < 1.29 is 14.3 Å². The fraction of sp³-hybridized carbons (Fsp3) is 0.900. The maximum Gasteiger partial charge on any atom is 0.231 e. The van der Waals surface area contributed by atoms with Crippen molar-refractivity contribution in [1.82, 2.24) is 5.32 Å². The van der Waals surface area contributed by atoms with E-state index in [1.165, 1.54) is 0 Å². The fourth-order valence-corrected chi connectivity index (χ4v) is 3.20. The van der Waals surface area contributed by atoms with Crippen molar-refractivity contribution in [2.75, 3.05) is 19.8 Å². The molecular formula is C10H15NO3. The smallest absolute Gasteiger partial charge is 0.231 e. The third-order valence-electron chi connectivity index (χ3n) is 3.86. The molecule has 0 radical (unpaired) electrons. The largest absolute Gasteiger partial charge is 0.355 e. The second-order valence-corrected chi connectivity index (χ2v) is 4.39. The maximum absolute atomic E-state index is 11.9. The molecule has 4 nitrogen and oxygen atoms in total. The third-order valence-corrected chi connectivity index (χ3v) is 3.86. The molecule has 14 heavy (non-hydrogen) atoms. The molecule has 2 heterocycles. The van der Waals surface area contributed by atoms with Crippen LogP contribution < -0.4 is 5.32 Å². The molecule has 2 spiro atoms. The molecule has 2 aliphatic heterocycles. The predicted molar refractivity (Wildman–Crippen MR) is 48.5 cm³/mol. The van der Waals surface area contributed by atoms with E-state index in [1.807, 2.05) is 0 Å². The summed E-state index contributed by atoms with van der Waals surface area (Å²) in [4.78, 5) is 11.9. The highest BCUT2D eigenvalue weighted by Gasteiger charge is 2.64. The Morgan fingerprint density at radius 3 is 2.57 bits per heavy atom. The van der Waals surface area contributed by atoms with Gasteiger partial charge in [0, 0.05) is 13.0 Å². The summed E-state index contributed by atoms with van der Waals surface area (Å²) in [5.74, 6) is -0.440. The lowest BCUT2D eigenvalue weighted by atomic mass is 9.80. The number of hydrogen-bond acceptors (Lipinski definition) is 3. The van der Waals surface area contributed by atoms with E-state index < -0.39 is 5.79 Å². The van der Waals surface area contributed by atoms with Crippen LogP contribution in [0.2, 0.25) is 0 Å². The summed E-state index contributed by atoms with van der Waals surface area (Å²) in [5.41, 5.74) is -0.372. The minimum Gasteiger partial charge on any atom is -0.355 e. The van der Waals surface area contributed by atoms with Crippen molar-refractivity contribution in [2.24, 2.45) is 5.41 Å². The first kappa shape index (κ1) is 8.68. The van der Waals surface area contributed by atoms with Gasteiger partial charge in [-0.15, -0.1) is 0 Å². The first-order valence-corrected chi connectivity index (χ1v) is 5.35. The van der Waals surface area contributed by atoms with Crippen molar-refractivity contribution in [3.05, 3.63) is 0 Å². The minimum atomic E-state index is -0.576. The van der Waals surface area contributed by atoms with Gasteiger partial charge >= 0.3 is 0 Å². The number of rotatable bonds is 0. The van der Waals surface area contributed by atoms with Gasteiger partial charge in [0.15, 0.2) is 5.79 Å². The van der Waals surface area contributed by atoms with E-state index in [4.69, 9.17) is 9.47 Å². The lowest BCUT2D eigenvalue weighted by Gasteiger charge is -2.36. The van der Waals surface area contributed by atoms with Gasteiger partial charge in [-0.1, -0.05) is 0 Å². The summed E-state index contributed by atoms with van der Waals surface area (Å²) < 4.78 is 11.5. The summed E-state index contributed by atoms with van der Waals surface area (Å²) in [6.45, 7) is 2.04. The Morgan fingerprint density at radius 2 is 1.93 bits per heavy atom. The molecule has 0 unspecified atom stereocenters. The number of amides is 1. The van der Waals surface area contributed by atoms with Gasteiger partial charge in [-0.2, -0.15) is 0 Å². The molecule has 78 valence electrons. The molecule has 0 aromatic heterocycles. The van der Waals surface area contributed by atoms with Gasteiger partial charge in [-0.3, -0.25) is 4.79 Å². The molecule has 2 saturated heterocycles. The Labute approximate surface area is 82.9 Å². The standard InChI is InChI=1S/C10H15NO3/c12-8-9(4-5-11-8)2-1-3-10(9)13-6-7-14-10/h1-7H2,(H,11,12)/t9-/m0/s1. The highest BCUT2D eigenvalue weighted by Crippen LogP contribution is 2.55. The Morgan fingerprint density at radius 1 is 1.14 bits per heavy atom. The average Bonchev–Trinajstić information content (AvgIpc) is 2.84. The van der Waals surface area contributed by atoms with Crippen LogP contribution in [-0.2, 0) is 14.3 Å². The number of ether oxygens (including phenoxy) is 2. The Hall–Kier alpha value is -0.610. The van der Waals surface area contributed by atoms with Crippen molar-refractivity contribution in [3.8, 4) is 0 Å². The molecule has 3 aliphatic rings. The Bertz CT molecular complexity index is 263. The van der Waals surface area contributed by atoms with E-state index in [0.29, 0.717) is 13.2 Å². The zero-order chi connectivity index (χ0) is 9.65. The highest BCUT2D eigenvalue weighted by atomic mass is 16.7. The van der Waals surface area contributed by atoms with Crippen molar-refractivity contribution >= 4 is 5.91 Å². The maximum atomic E-state index is 11.9. The first-order valence-electron chi connectivity index (χ1n) is 5.35. The van der Waals surface area contributed by atoms with Crippen LogP contribution in [0.1, 0.15) is 25.7 Å². The van der Waals surface area contributed by atoms with E-state index in [2.05, 4.69) is 5.32 Å². The van der Waals surface area contributed by atoms with E-state index >= 15 is 0 Å². The summed E-state index contributed by atoms with van der Waals surface area (Å²) in [6.07, 6.45) is 3.69. The molecule has 0 aromatic carbocycles. The number of nitrogens with one attached hydrogen (secondary N) is 1. The summed E-state index contributed by atoms with van der Waals surface area (Å²) >= 11 is 0. The monoisotopic (exact) mass is 197 g/mol. The Kier molecular flexibility index (Phi) is 1.67. The Balaban J connectivity index is 2.00. The molecule has 1 N–H and O–H groups in total. The van der Waals surface area contributed by atoms with Gasteiger partial charge < -0.3 is 14.8 Å². The molecule has 3 rings (SSSR count). The summed E-state index contributed by atoms with van der Waals surface area (Å²) in [7, 11) is 0. The summed E-state index contributed by atoms with van der Waals surface area (Å²) in [6, 6.07) is 0. The van der Waals surface area contributed by atoms with Crippen molar-refractivity contribution in [1.29, 1.82) is 0 Å². The van der Waals surface area contributed by atoms with E-state index in [9.17, 15) is 4.79 Å². The van der Waals surface area contributed by atoms with Gasteiger partial charge in [-0.05, 0) is 19.3 Å². The van der Waals surface area contributed by atoms with E-state index in [1.54, 1.807) is 0 Å². The zero-order valence-electron chi connectivity index (χ0n) is 8.17. The van der Waals surface area contributed by atoms with Crippen LogP contribution in [0.5, 0.6) is 0 Å². The van der Waals surface area contributed by atoms with Crippen LogP contribution in [0.4, 0.5) is 0 Å². The topological polar surface area (TPSA) is 47.6 Å². The predicted octanol–water partition coefficient (Wildman–Crippen LogP) is 0.420. The normalized spacial score (nSPS) is 39.9. The highest BCUT2D eigenvalue weighted by molar-refractivity contribution is 5.86. The zero-order valence-corrected chi connectivity index (χ0v) is 8.17. The average molecular weight is 197 g/mol. The third kappa shape index (κ3) is 0.834. The number of carbonyl (C=O) groups excluding carboxylic acids is 1. The quantitative estimate of drug-likeness (QED) is 0.612. The molecule has 1 saturated carbocycles. The van der Waals surface area contributed by atoms with E-state index in [-0.39, 0.29) is 11.3 Å². The number of hydrogen-bond donors (Lipinski definition) is 1. The molecule has 0 aromatic rings. The molecule has 0 bridgehead atoms. The van der Waals surface area contributed by atoms with Crippen LogP contribution in [-0.4, -0.2) is 31.5 Å². The van der Waals surface area contributed by atoms with Gasteiger partial charge in [-0.25, -0.2) is 0 Å². The van der Waals surface area contributed by atoms with Gasteiger partial charge in [0.05, 0.1) is 13.2 Å². The van der Waals surface area contributed by atoms with E-state index in [0.717, 1.165) is 32.2 Å². The van der Waals surface area contributed by atoms with Gasteiger partial charge in [0.1, 0.15) is 5.41 Å². The van der Waals surface area contributed by atoms with Gasteiger partial charge in [0.2, 0.25) is 5.91 Å². The van der Waals surface area contributed by atoms with Crippen LogP contribution in [0, 0.1) is 5.41 Å². The van der Waals surface area contributed by atoms with Crippen molar-refractivity contribution in [2.45, 2.75) is 31.5 Å². The van der Waals surface area contributed by atoms with Crippen LogP contribution in [0.15, 0.2) is 0 Å². The minimum absolute atomic E-state index is 0.136. The summed E-state index contributed by atoms with van der Waals surface area (Å²) in [5, 5.41) is 2.90. The molecule has 1 atom stereocenters. The second-order valence-electron chi connectivity index (χ2n) is 4.39. The fourth-order valence-electron chi connectivity index (χ4n) is 3.20. The van der Waals surface area contributed by atoms with Crippen molar-refractivity contribution in [3.63, 3.8) is 0 Å². The number of carbonyl (C=O) groups is 1. The molecule has 1 amide bonds. The lowest BCUT2D eigenvalue weighted by Crippen LogP contribution is -2.49. The van der Waals surface area contributed by atoms with Gasteiger partial charge in [0.25, 0.3) is 0 Å². The molecule has 1 aliphatic carbocycles. The SMILES string of the molecule is O=C1NCC[C@@]12CCCC21OCCO1. The molecule has 4 heteroatoms. The first-order chi connectivity index (χ1) is 6.79. The van der Waals surface area contributed by atoms with Crippen LogP contribution in [0.25, 0.3) is 0 Å². The van der Waals surface area contributed by atoms with Crippen LogP contribution >= 0.6 is 0 Å². The lowest BCUT2D eigenvalue weighted by molar-refractivity contribution is -0.216. The number of fused-ring (bicyclic) bond motifs is 1. The molecular weight excluding hydrogens is 182 g/mol. The van der Waals surface area contributed by atoms with Crippen LogP contribution in [0.3, 0.4) is 0 Å². The second kappa shape index (κ2) is 2.70. The molecule has 3 fully saturated rings.